The monoisotopic (exact) mass is 457 g/mol. The normalized spacial score (nSPS) is 20.1. The summed E-state index contributed by atoms with van der Waals surface area (Å²) < 4.78 is 0. The molecule has 6 heteroatoms. The van der Waals surface area contributed by atoms with Gasteiger partial charge in [-0.2, -0.15) is 0 Å². The molecule has 34 heavy (non-hydrogen) atoms. The molecule has 0 spiro atoms. The maximum atomic E-state index is 8.58. The molecule has 2 atom stereocenters. The lowest BCUT2D eigenvalue weighted by molar-refractivity contribution is -0.106. The number of carbonyl (C=O) groups is 1. The number of aromatic nitrogens is 1. The summed E-state index contributed by atoms with van der Waals surface area (Å²) >= 11 is 0. The largest absolute Gasteiger partial charge is 0.372 e. The van der Waals surface area contributed by atoms with Crippen molar-refractivity contribution in [3.8, 4) is 11.1 Å². The van der Waals surface area contributed by atoms with Gasteiger partial charge in [-0.25, -0.2) is 4.98 Å². The van der Waals surface area contributed by atoms with Crippen molar-refractivity contribution >= 4 is 12.2 Å². The first-order chi connectivity index (χ1) is 16.5. The molecule has 1 amide bonds. The number of primary amides is 1. The molecule has 0 radical (unpaired) electrons. The first kappa shape index (κ1) is 23.9. The highest BCUT2D eigenvalue weighted by Gasteiger charge is 2.31. The highest BCUT2D eigenvalue weighted by Crippen LogP contribution is 2.40. The fourth-order valence-electron chi connectivity index (χ4n) is 4.87. The maximum absolute atomic E-state index is 8.58. The van der Waals surface area contributed by atoms with Gasteiger partial charge < -0.3 is 16.0 Å². The van der Waals surface area contributed by atoms with Gasteiger partial charge >= 0.3 is 0 Å². The van der Waals surface area contributed by atoms with Crippen molar-refractivity contribution in [1.82, 2.24) is 14.8 Å². The molecule has 3 aromatic rings. The van der Waals surface area contributed by atoms with Gasteiger partial charge in [0.2, 0.25) is 6.41 Å². The number of likely N-dealkylation sites (N-methyl/N-ethyl adjacent to an activating group) is 1. The Morgan fingerprint density at radius 3 is 2.32 bits per heavy atom. The summed E-state index contributed by atoms with van der Waals surface area (Å²) in [5.74, 6) is 1.35. The number of hydrogen-bond donors (Lipinski definition) is 2. The topological polar surface area (TPSA) is 74.5 Å². The summed E-state index contributed by atoms with van der Waals surface area (Å²) in [4.78, 5) is 18.3. The Hall–Kier alpha value is -3.22. The Morgan fingerprint density at radius 2 is 1.68 bits per heavy atom. The van der Waals surface area contributed by atoms with Crippen molar-refractivity contribution in [2.45, 2.75) is 32.4 Å². The van der Waals surface area contributed by atoms with Gasteiger partial charge in [-0.15, -0.1) is 0 Å². The average Bonchev–Trinajstić information content (AvgIpc) is 3.17. The molecule has 0 bridgehead atoms. The van der Waals surface area contributed by atoms with Crippen LogP contribution in [0.1, 0.15) is 35.1 Å². The second kappa shape index (κ2) is 10.8. The molecule has 2 aliphatic heterocycles. The van der Waals surface area contributed by atoms with Crippen LogP contribution in [0.15, 0.2) is 60.8 Å². The molecular weight excluding hydrogens is 422 g/mol. The van der Waals surface area contributed by atoms with E-state index in [0.717, 1.165) is 38.5 Å². The van der Waals surface area contributed by atoms with Crippen LogP contribution < -0.4 is 11.1 Å². The van der Waals surface area contributed by atoms with Crippen LogP contribution in [-0.4, -0.2) is 60.5 Å². The molecule has 178 valence electrons. The smallest absolute Gasteiger partial charge is 0.204 e. The molecule has 1 aromatic heterocycles. The molecule has 2 aliphatic rings. The highest BCUT2D eigenvalue weighted by molar-refractivity contribution is 5.69. The third kappa shape index (κ3) is 5.46. The van der Waals surface area contributed by atoms with Gasteiger partial charge in [-0.3, -0.25) is 9.69 Å². The molecule has 2 unspecified atom stereocenters. The maximum Gasteiger partial charge on any atom is 0.204 e. The number of piperazine rings is 1. The molecule has 2 aromatic carbocycles. The van der Waals surface area contributed by atoms with Crippen LogP contribution in [0, 0.1) is 6.92 Å². The number of fused-ring (bicyclic) bond motifs is 1. The lowest BCUT2D eigenvalue weighted by Gasteiger charge is -2.32. The quantitative estimate of drug-likeness (QED) is 0.582. The van der Waals surface area contributed by atoms with E-state index in [1.54, 1.807) is 0 Å². The van der Waals surface area contributed by atoms with Gasteiger partial charge in [0.05, 0.1) is 0 Å². The summed E-state index contributed by atoms with van der Waals surface area (Å²) in [6, 6.07) is 20.7. The fraction of sp³-hybridized carbons (Fsp3) is 0.357. The number of rotatable bonds is 4. The Kier molecular flexibility index (Phi) is 7.60. The van der Waals surface area contributed by atoms with E-state index in [1.165, 1.54) is 33.4 Å². The van der Waals surface area contributed by atoms with Crippen molar-refractivity contribution < 1.29 is 4.79 Å². The van der Waals surface area contributed by atoms with E-state index >= 15 is 0 Å². The molecular formula is C28H35N5O. The van der Waals surface area contributed by atoms with Crippen LogP contribution in [0.4, 0.5) is 5.82 Å². The summed E-state index contributed by atoms with van der Waals surface area (Å²) in [6.45, 7) is 10.0. The van der Waals surface area contributed by atoms with E-state index in [2.05, 4.69) is 96.3 Å². The van der Waals surface area contributed by atoms with Gasteiger partial charge in [0.25, 0.3) is 0 Å². The molecule has 5 rings (SSSR count). The second-order valence-electron chi connectivity index (χ2n) is 9.40. The van der Waals surface area contributed by atoms with Crippen LogP contribution in [0.5, 0.6) is 0 Å². The lowest BCUT2D eigenvalue weighted by atomic mass is 9.88. The summed E-state index contributed by atoms with van der Waals surface area (Å²) in [7, 11) is 2.20. The van der Waals surface area contributed by atoms with Crippen LogP contribution >= 0.6 is 0 Å². The molecule has 3 N–H and O–H groups in total. The second-order valence-corrected chi connectivity index (χ2v) is 9.40. The number of carbonyl (C=O) groups excluding carboxylic acids is 1. The number of anilines is 1. The number of nitrogens with one attached hydrogen (secondary N) is 1. The number of aryl methyl sites for hydroxylation is 1. The minimum Gasteiger partial charge on any atom is -0.372 e. The van der Waals surface area contributed by atoms with E-state index in [1.807, 2.05) is 6.20 Å². The van der Waals surface area contributed by atoms with Gasteiger partial charge in [-0.1, -0.05) is 54.1 Å². The summed E-state index contributed by atoms with van der Waals surface area (Å²) in [5, 5.41) is 3.58. The molecule has 0 aliphatic carbocycles. The molecule has 0 saturated carbocycles. The predicted octanol–water partition coefficient (Wildman–Crippen LogP) is 3.85. The highest BCUT2D eigenvalue weighted by atomic mass is 16.1. The van der Waals surface area contributed by atoms with Gasteiger partial charge in [-0.05, 0) is 43.7 Å². The summed E-state index contributed by atoms with van der Waals surface area (Å²) in [5.41, 5.74) is 11.9. The van der Waals surface area contributed by atoms with Gasteiger partial charge in [0.15, 0.2) is 0 Å². The van der Waals surface area contributed by atoms with Crippen molar-refractivity contribution in [3.63, 3.8) is 0 Å². The van der Waals surface area contributed by atoms with Gasteiger partial charge in [0.1, 0.15) is 5.82 Å². The Labute approximate surface area is 202 Å². The number of nitrogens with zero attached hydrogens (tertiary/aromatic N) is 3. The minimum absolute atomic E-state index is 0.250. The number of pyridine rings is 1. The third-order valence-electron chi connectivity index (χ3n) is 6.84. The van der Waals surface area contributed by atoms with Crippen molar-refractivity contribution in [1.29, 1.82) is 0 Å². The van der Waals surface area contributed by atoms with E-state index < -0.39 is 0 Å². The van der Waals surface area contributed by atoms with Gasteiger partial charge in [0, 0.05) is 62.0 Å². The fourth-order valence-corrected chi connectivity index (χ4v) is 4.87. The standard InChI is InChI=1S/C27H32N4.CH3NO/c1-19-4-8-23(9-5-19)26-20(2)29-27-25(26)16-24(17-28-27)22-10-6-21(7-11-22)18-31-14-12-30(3)13-15-31;2-1-3/h4-11,16-17,20,26H,12-15,18H2,1-3H3,(H,28,29);1H,(H2,2,3). The summed E-state index contributed by atoms with van der Waals surface area (Å²) in [6.07, 6.45) is 2.26. The van der Waals surface area contributed by atoms with Crippen molar-refractivity contribution in [2.75, 3.05) is 38.5 Å². The van der Waals surface area contributed by atoms with Crippen LogP contribution in [0.2, 0.25) is 0 Å². The van der Waals surface area contributed by atoms with E-state index in [9.17, 15) is 0 Å². The third-order valence-corrected chi connectivity index (χ3v) is 6.84. The average molecular weight is 458 g/mol. The number of amides is 1. The van der Waals surface area contributed by atoms with Crippen LogP contribution in [0.3, 0.4) is 0 Å². The zero-order valence-corrected chi connectivity index (χ0v) is 20.4. The van der Waals surface area contributed by atoms with Crippen LogP contribution in [-0.2, 0) is 11.3 Å². The van der Waals surface area contributed by atoms with Crippen LogP contribution in [0.25, 0.3) is 11.1 Å². The zero-order chi connectivity index (χ0) is 24.1. The Balaban J connectivity index is 0.000000868. The number of nitrogens with two attached hydrogens (primary N) is 1. The number of benzene rings is 2. The molecule has 3 heterocycles. The molecule has 1 fully saturated rings. The first-order valence-corrected chi connectivity index (χ1v) is 12.0. The molecule has 1 saturated heterocycles. The minimum atomic E-state index is 0.250. The van der Waals surface area contributed by atoms with Crippen molar-refractivity contribution in [2.24, 2.45) is 5.73 Å². The zero-order valence-electron chi connectivity index (χ0n) is 20.4. The van der Waals surface area contributed by atoms with Crippen molar-refractivity contribution in [3.05, 3.63) is 83.0 Å². The van der Waals surface area contributed by atoms with E-state index in [4.69, 9.17) is 9.78 Å². The SMILES string of the molecule is Cc1ccc(C2c3cc(-c4ccc(CN5CCN(C)CC5)cc4)cnc3NC2C)cc1.NC=O. The predicted molar refractivity (Wildman–Crippen MR) is 139 cm³/mol. The Morgan fingerprint density at radius 1 is 1.03 bits per heavy atom. The van der Waals surface area contributed by atoms with E-state index in [0.29, 0.717) is 12.0 Å². The first-order valence-electron chi connectivity index (χ1n) is 12.0. The Bertz CT molecular complexity index is 1090. The lowest BCUT2D eigenvalue weighted by Crippen LogP contribution is -2.43. The van der Waals surface area contributed by atoms with E-state index in [-0.39, 0.29) is 6.41 Å². The number of hydrogen-bond acceptors (Lipinski definition) is 5. The molecule has 6 nitrogen and oxygen atoms in total.